The van der Waals surface area contributed by atoms with Gasteiger partial charge in [-0.2, -0.15) is 0 Å². The quantitative estimate of drug-likeness (QED) is 0.570. The van der Waals surface area contributed by atoms with Crippen molar-refractivity contribution < 1.29 is 14.3 Å². The molecule has 0 saturated heterocycles. The molecule has 0 bridgehead atoms. The van der Waals surface area contributed by atoms with E-state index in [9.17, 15) is 4.79 Å². The molecule has 1 aliphatic carbocycles. The van der Waals surface area contributed by atoms with Crippen molar-refractivity contribution >= 4 is 5.91 Å². The zero-order valence-corrected chi connectivity index (χ0v) is 12.8. The van der Waals surface area contributed by atoms with Crippen molar-refractivity contribution in [3.63, 3.8) is 0 Å². The van der Waals surface area contributed by atoms with Gasteiger partial charge in [0.25, 0.3) is 5.91 Å². The number of rotatable bonds is 5. The topological polar surface area (TPSA) is 91.5 Å². The average molecular weight is 310 g/mol. The van der Waals surface area contributed by atoms with Gasteiger partial charge < -0.3 is 5.73 Å². The molecule has 6 nitrogen and oxygen atoms in total. The van der Waals surface area contributed by atoms with Gasteiger partial charge in [-0.15, -0.1) is 0 Å². The Morgan fingerprint density at radius 2 is 2.36 bits per heavy atom. The van der Waals surface area contributed by atoms with Crippen molar-refractivity contribution in [2.45, 2.75) is 44.7 Å². The molecule has 22 heavy (non-hydrogen) atoms. The summed E-state index contributed by atoms with van der Waals surface area (Å²) in [5.41, 5.74) is 9.82. The Morgan fingerprint density at radius 3 is 3.09 bits per heavy atom. The van der Waals surface area contributed by atoms with E-state index in [0.29, 0.717) is 11.6 Å². The summed E-state index contributed by atoms with van der Waals surface area (Å²) in [7, 11) is 0. The van der Waals surface area contributed by atoms with Crippen LogP contribution < -0.4 is 11.2 Å². The van der Waals surface area contributed by atoms with E-state index in [4.69, 9.17) is 10.9 Å². The van der Waals surface area contributed by atoms with E-state index >= 15 is 0 Å². The SMILES string of the molecule is NCCCC1CC(N2CCc3cc(C(=O)NO)cnc3C2)C1.[HH].[HH].[HH]. The van der Waals surface area contributed by atoms with E-state index in [-0.39, 0.29) is 4.28 Å². The van der Waals surface area contributed by atoms with E-state index in [2.05, 4.69) is 9.88 Å². The summed E-state index contributed by atoms with van der Waals surface area (Å²) in [5.74, 6) is 0.345. The number of aromatic nitrogens is 1. The minimum Gasteiger partial charge on any atom is -0.330 e. The van der Waals surface area contributed by atoms with Crippen molar-refractivity contribution in [2.24, 2.45) is 11.7 Å². The van der Waals surface area contributed by atoms with Gasteiger partial charge in [-0.05, 0) is 56.2 Å². The third kappa shape index (κ3) is 3.14. The lowest BCUT2D eigenvalue weighted by molar-refractivity contribution is 0.0611. The van der Waals surface area contributed by atoms with Crippen LogP contribution in [0.4, 0.5) is 0 Å². The summed E-state index contributed by atoms with van der Waals surface area (Å²) >= 11 is 0. The predicted molar refractivity (Wildman–Crippen MR) is 88.7 cm³/mol. The first-order valence-corrected chi connectivity index (χ1v) is 8.07. The molecule has 1 saturated carbocycles. The molecule has 0 radical (unpaired) electrons. The van der Waals surface area contributed by atoms with Crippen LogP contribution in [0.1, 0.15) is 51.6 Å². The second kappa shape index (κ2) is 6.73. The van der Waals surface area contributed by atoms with Crippen molar-refractivity contribution in [1.82, 2.24) is 15.4 Å². The molecule has 2 heterocycles. The fraction of sp³-hybridized carbons (Fsp3) is 0.625. The maximum absolute atomic E-state index is 11.4. The van der Waals surface area contributed by atoms with Crippen LogP contribution in [0.2, 0.25) is 0 Å². The minimum atomic E-state index is -0.500. The Bertz CT molecular complexity index is 556. The molecule has 1 aromatic rings. The number of nitrogens with two attached hydrogens (primary N) is 1. The van der Waals surface area contributed by atoms with Crippen LogP contribution >= 0.6 is 0 Å². The van der Waals surface area contributed by atoms with Gasteiger partial charge in [-0.1, -0.05) is 0 Å². The number of hydrogen-bond donors (Lipinski definition) is 3. The molecule has 3 rings (SSSR count). The maximum Gasteiger partial charge on any atom is 0.276 e. The molecular weight excluding hydrogens is 280 g/mol. The highest BCUT2D eigenvalue weighted by Gasteiger charge is 2.34. The number of nitrogens with one attached hydrogen (secondary N) is 1. The molecule has 0 spiro atoms. The number of pyridine rings is 1. The molecule has 1 fully saturated rings. The molecule has 6 heteroatoms. The van der Waals surface area contributed by atoms with Crippen LogP contribution in [0, 0.1) is 5.92 Å². The van der Waals surface area contributed by atoms with Crippen molar-refractivity contribution in [1.29, 1.82) is 0 Å². The summed E-state index contributed by atoms with van der Waals surface area (Å²) in [6, 6.07) is 2.52. The third-order valence-corrected chi connectivity index (χ3v) is 4.99. The van der Waals surface area contributed by atoms with Crippen LogP contribution in [0.25, 0.3) is 0 Å². The Kier molecular flexibility index (Phi) is 4.71. The van der Waals surface area contributed by atoms with Crippen LogP contribution in [0.5, 0.6) is 0 Å². The zero-order chi connectivity index (χ0) is 15.5. The normalized spacial score (nSPS) is 24.5. The second-order valence-corrected chi connectivity index (χ2v) is 6.41. The average Bonchev–Trinajstić information content (AvgIpc) is 2.52. The van der Waals surface area contributed by atoms with Crippen molar-refractivity contribution in [3.8, 4) is 0 Å². The fourth-order valence-electron chi connectivity index (χ4n) is 3.57. The molecule has 1 amide bonds. The largest absolute Gasteiger partial charge is 0.330 e. The summed E-state index contributed by atoms with van der Waals surface area (Å²) in [4.78, 5) is 18.4. The zero-order valence-electron chi connectivity index (χ0n) is 12.8. The van der Waals surface area contributed by atoms with E-state index in [0.717, 1.165) is 49.7 Å². The van der Waals surface area contributed by atoms with Gasteiger partial charge in [0.15, 0.2) is 0 Å². The molecular formula is C16H30N4O2. The number of hydrogen-bond acceptors (Lipinski definition) is 5. The Morgan fingerprint density at radius 1 is 1.55 bits per heavy atom. The van der Waals surface area contributed by atoms with Crippen LogP contribution in [0.15, 0.2) is 12.3 Å². The standard InChI is InChI=1S/C16H24N4O2.3H2/c17-4-1-2-11-6-14(7-11)20-5-3-12-8-13(16(21)19-22)9-18-15(12)10-20;;;/h8-9,11,14,22H,1-7,10,17H2,(H,19,21);3*1H. The Balaban J connectivity index is 0.00000192. The maximum atomic E-state index is 11.4. The van der Waals surface area contributed by atoms with E-state index in [1.54, 1.807) is 11.7 Å². The van der Waals surface area contributed by atoms with Crippen LogP contribution in [0.3, 0.4) is 0 Å². The van der Waals surface area contributed by atoms with Gasteiger partial charge in [-0.25, -0.2) is 5.48 Å². The van der Waals surface area contributed by atoms with Crippen LogP contribution in [-0.4, -0.2) is 40.1 Å². The highest BCUT2D eigenvalue weighted by Crippen LogP contribution is 2.36. The molecule has 1 aliphatic heterocycles. The summed E-state index contributed by atoms with van der Waals surface area (Å²) < 4.78 is 0. The van der Waals surface area contributed by atoms with Gasteiger partial charge in [0.05, 0.1) is 11.3 Å². The first kappa shape index (κ1) is 15.4. The number of nitrogens with zero attached hydrogens (tertiary/aromatic N) is 2. The first-order valence-electron chi connectivity index (χ1n) is 8.07. The number of carbonyl (C=O) groups excluding carboxylic acids is 1. The second-order valence-electron chi connectivity index (χ2n) is 6.41. The molecule has 0 aromatic carbocycles. The highest BCUT2D eigenvalue weighted by atomic mass is 16.5. The van der Waals surface area contributed by atoms with Crippen LogP contribution in [-0.2, 0) is 13.0 Å². The summed E-state index contributed by atoms with van der Waals surface area (Å²) in [6.07, 6.45) is 7.41. The third-order valence-electron chi connectivity index (χ3n) is 4.99. The smallest absolute Gasteiger partial charge is 0.276 e. The van der Waals surface area contributed by atoms with E-state index < -0.39 is 5.91 Å². The molecule has 2 aliphatic rings. The van der Waals surface area contributed by atoms with E-state index in [1.165, 1.54) is 19.3 Å². The molecule has 1 aromatic heterocycles. The fourth-order valence-corrected chi connectivity index (χ4v) is 3.57. The lowest BCUT2D eigenvalue weighted by atomic mass is 9.76. The number of carbonyl (C=O) groups is 1. The van der Waals surface area contributed by atoms with Gasteiger partial charge in [0, 0.05) is 29.6 Å². The van der Waals surface area contributed by atoms with Gasteiger partial charge in [0.1, 0.15) is 0 Å². The lowest BCUT2D eigenvalue weighted by Crippen LogP contribution is -2.47. The molecule has 4 N–H and O–H groups in total. The van der Waals surface area contributed by atoms with Crippen molar-refractivity contribution in [2.75, 3.05) is 13.1 Å². The highest BCUT2D eigenvalue weighted by molar-refractivity contribution is 5.93. The molecule has 0 unspecified atom stereocenters. The predicted octanol–water partition coefficient (Wildman–Crippen LogP) is 1.81. The first-order chi connectivity index (χ1) is 10.7. The lowest BCUT2D eigenvalue weighted by Gasteiger charge is -2.44. The number of hydroxylamine groups is 1. The monoisotopic (exact) mass is 310 g/mol. The number of amides is 1. The van der Waals surface area contributed by atoms with Gasteiger partial charge in [-0.3, -0.25) is 19.9 Å². The summed E-state index contributed by atoms with van der Waals surface area (Å²) in [5, 5.41) is 8.69. The molecule has 0 atom stereocenters. The van der Waals surface area contributed by atoms with Crippen molar-refractivity contribution in [3.05, 3.63) is 29.1 Å². The van der Waals surface area contributed by atoms with Gasteiger partial charge >= 0.3 is 0 Å². The Labute approximate surface area is 135 Å². The summed E-state index contributed by atoms with van der Waals surface area (Å²) in [6.45, 7) is 2.68. The molecule has 126 valence electrons. The van der Waals surface area contributed by atoms with Gasteiger partial charge in [0.2, 0.25) is 0 Å². The van der Waals surface area contributed by atoms with E-state index in [1.807, 2.05) is 6.07 Å². The Hall–Kier alpha value is -1.50. The number of fused-ring (bicyclic) bond motifs is 1. The minimum absolute atomic E-state index is 0.